The molecule has 2 atom stereocenters. The number of hydrogen-bond donors (Lipinski definition) is 4. The van der Waals surface area contributed by atoms with Gasteiger partial charge in [0.2, 0.25) is 11.8 Å². The van der Waals surface area contributed by atoms with E-state index in [9.17, 15) is 19.2 Å². The molecule has 156 valence electrons. The predicted molar refractivity (Wildman–Crippen MR) is 105 cm³/mol. The maximum Gasteiger partial charge on any atom is 0.220 e. The van der Waals surface area contributed by atoms with E-state index < -0.39 is 12.1 Å². The van der Waals surface area contributed by atoms with E-state index in [-0.39, 0.29) is 42.8 Å². The van der Waals surface area contributed by atoms with E-state index >= 15 is 0 Å². The van der Waals surface area contributed by atoms with Crippen molar-refractivity contribution in [2.45, 2.75) is 71.4 Å². The number of amides is 2. The summed E-state index contributed by atoms with van der Waals surface area (Å²) in [4.78, 5) is 47.6. The van der Waals surface area contributed by atoms with Gasteiger partial charge in [-0.1, -0.05) is 13.8 Å². The van der Waals surface area contributed by atoms with E-state index in [1.54, 1.807) is 7.05 Å². The molecule has 0 spiro atoms. The zero-order valence-electron chi connectivity index (χ0n) is 17.2. The SMILES string of the molecule is CC.CN[C@H]1CCC(=O)NCCCCNC(=O)CC[C@@H](C(C)=O)NCC1=O. The van der Waals surface area contributed by atoms with Crippen molar-refractivity contribution in [3.05, 3.63) is 0 Å². The highest BCUT2D eigenvalue weighted by molar-refractivity contribution is 5.88. The average Bonchev–Trinajstić information content (AvgIpc) is 2.65. The van der Waals surface area contributed by atoms with Gasteiger partial charge in [-0.25, -0.2) is 0 Å². The average molecular weight is 385 g/mol. The summed E-state index contributed by atoms with van der Waals surface area (Å²) in [7, 11) is 1.68. The smallest absolute Gasteiger partial charge is 0.220 e. The Morgan fingerprint density at radius 2 is 1.48 bits per heavy atom. The number of ketones is 2. The fourth-order valence-corrected chi connectivity index (χ4v) is 2.70. The molecule has 27 heavy (non-hydrogen) atoms. The Labute approximate surface area is 162 Å². The molecule has 8 nitrogen and oxygen atoms in total. The van der Waals surface area contributed by atoms with Gasteiger partial charge in [0.15, 0.2) is 5.78 Å². The van der Waals surface area contributed by atoms with E-state index in [4.69, 9.17) is 0 Å². The Bertz CT molecular complexity index is 482. The van der Waals surface area contributed by atoms with Gasteiger partial charge in [0.25, 0.3) is 0 Å². The lowest BCUT2D eigenvalue weighted by molar-refractivity contribution is -0.123. The minimum Gasteiger partial charge on any atom is -0.356 e. The van der Waals surface area contributed by atoms with Gasteiger partial charge < -0.3 is 21.3 Å². The van der Waals surface area contributed by atoms with Crippen molar-refractivity contribution in [2.24, 2.45) is 0 Å². The first-order valence-electron chi connectivity index (χ1n) is 9.91. The third-order valence-corrected chi connectivity index (χ3v) is 4.32. The summed E-state index contributed by atoms with van der Waals surface area (Å²) in [6.45, 7) is 6.58. The van der Waals surface area contributed by atoms with Gasteiger partial charge in [0, 0.05) is 25.9 Å². The molecule has 0 aliphatic carbocycles. The van der Waals surface area contributed by atoms with Crippen LogP contribution in [0.4, 0.5) is 0 Å². The van der Waals surface area contributed by atoms with Crippen molar-refractivity contribution in [1.82, 2.24) is 21.3 Å². The standard InChI is InChI=1S/C17H30N4O4.C2H6/c1-12(22)13-5-7-16(24)19-9-3-4-10-20-17(25)8-6-14(18-2)15(23)11-21-13;1-2/h13-14,18,21H,3-11H2,1-2H3,(H,19,24)(H,20,25);1-2H3/t13-,14-;/m0./s1. The van der Waals surface area contributed by atoms with Crippen molar-refractivity contribution in [2.75, 3.05) is 26.7 Å². The van der Waals surface area contributed by atoms with Crippen molar-refractivity contribution >= 4 is 23.4 Å². The third kappa shape index (κ3) is 11.5. The first-order chi connectivity index (χ1) is 12.9. The molecular weight excluding hydrogens is 348 g/mol. The maximum atomic E-state index is 12.3. The van der Waals surface area contributed by atoms with Gasteiger partial charge in [-0.3, -0.25) is 19.2 Å². The number of carbonyl (C=O) groups is 4. The van der Waals surface area contributed by atoms with Crippen LogP contribution in [0.25, 0.3) is 0 Å². The highest BCUT2D eigenvalue weighted by Gasteiger charge is 2.21. The summed E-state index contributed by atoms with van der Waals surface area (Å²) >= 11 is 0. The van der Waals surface area contributed by atoms with Gasteiger partial charge in [0.1, 0.15) is 5.78 Å². The fourth-order valence-electron chi connectivity index (χ4n) is 2.70. The summed E-state index contributed by atoms with van der Waals surface area (Å²) in [6, 6.07) is -0.962. The van der Waals surface area contributed by atoms with E-state index in [2.05, 4.69) is 21.3 Å². The molecule has 0 aromatic carbocycles. The zero-order chi connectivity index (χ0) is 20.7. The van der Waals surface area contributed by atoms with Gasteiger partial charge in [-0.2, -0.15) is 0 Å². The van der Waals surface area contributed by atoms with Gasteiger partial charge in [0.05, 0.1) is 18.6 Å². The lowest BCUT2D eigenvalue weighted by Gasteiger charge is -2.18. The summed E-state index contributed by atoms with van der Waals surface area (Å²) < 4.78 is 0. The second-order valence-corrected chi connectivity index (χ2v) is 6.34. The highest BCUT2D eigenvalue weighted by Crippen LogP contribution is 2.03. The third-order valence-electron chi connectivity index (χ3n) is 4.32. The van der Waals surface area contributed by atoms with Crippen molar-refractivity contribution in [1.29, 1.82) is 0 Å². The Morgan fingerprint density at radius 1 is 0.963 bits per heavy atom. The molecule has 0 bridgehead atoms. The largest absolute Gasteiger partial charge is 0.356 e. The number of hydrogen-bond acceptors (Lipinski definition) is 6. The first kappa shape index (κ1) is 25.2. The Hall–Kier alpha value is -1.80. The van der Waals surface area contributed by atoms with Gasteiger partial charge in [-0.05, 0) is 39.7 Å². The summed E-state index contributed by atoms with van der Waals surface area (Å²) in [5.74, 6) is -0.397. The Kier molecular flexibility index (Phi) is 14.3. The lowest BCUT2D eigenvalue weighted by atomic mass is 10.0. The van der Waals surface area contributed by atoms with Gasteiger partial charge in [-0.15, -0.1) is 0 Å². The molecule has 0 aromatic heterocycles. The summed E-state index contributed by atoms with van der Waals surface area (Å²) in [5, 5.41) is 11.5. The van der Waals surface area contributed by atoms with Crippen LogP contribution in [0, 0.1) is 0 Å². The molecule has 0 radical (unpaired) electrons. The molecule has 0 unspecified atom stereocenters. The van der Waals surface area contributed by atoms with Crippen LogP contribution in [-0.2, 0) is 19.2 Å². The van der Waals surface area contributed by atoms with E-state index in [1.165, 1.54) is 6.92 Å². The van der Waals surface area contributed by atoms with E-state index in [0.29, 0.717) is 25.9 Å². The molecule has 1 fully saturated rings. The molecule has 1 aliphatic rings. The topological polar surface area (TPSA) is 116 Å². The number of likely N-dealkylation sites (N-methyl/N-ethyl adjacent to an activating group) is 1. The number of nitrogens with one attached hydrogen (secondary N) is 4. The monoisotopic (exact) mass is 384 g/mol. The van der Waals surface area contributed by atoms with Crippen LogP contribution in [0.3, 0.4) is 0 Å². The molecule has 0 saturated carbocycles. The molecular formula is C19H36N4O4. The molecule has 4 N–H and O–H groups in total. The Morgan fingerprint density at radius 3 is 1.96 bits per heavy atom. The minimum absolute atomic E-state index is 0.0268. The minimum atomic E-state index is -0.522. The maximum absolute atomic E-state index is 12.3. The van der Waals surface area contributed by atoms with Crippen LogP contribution < -0.4 is 21.3 Å². The van der Waals surface area contributed by atoms with Crippen molar-refractivity contribution in [3.63, 3.8) is 0 Å². The molecule has 1 heterocycles. The van der Waals surface area contributed by atoms with E-state index in [1.807, 2.05) is 13.8 Å². The fraction of sp³-hybridized carbons (Fsp3) is 0.789. The normalized spacial score (nSPS) is 23.9. The predicted octanol–water partition coefficient (Wildman–Crippen LogP) is 0.304. The number of Topliss-reactive ketones (excluding diaryl/α,β-unsaturated/α-hetero) is 2. The molecule has 1 rings (SSSR count). The second-order valence-electron chi connectivity index (χ2n) is 6.34. The molecule has 0 aromatic rings. The second kappa shape index (κ2) is 15.3. The molecule has 2 amide bonds. The number of rotatable bonds is 2. The van der Waals surface area contributed by atoms with Crippen molar-refractivity contribution < 1.29 is 19.2 Å². The van der Waals surface area contributed by atoms with Crippen LogP contribution in [0.2, 0.25) is 0 Å². The van der Waals surface area contributed by atoms with Crippen LogP contribution in [-0.4, -0.2) is 62.1 Å². The summed E-state index contributed by atoms with van der Waals surface area (Å²) in [6.07, 6.45) is 2.82. The van der Waals surface area contributed by atoms with Crippen LogP contribution >= 0.6 is 0 Å². The molecule has 1 aliphatic heterocycles. The van der Waals surface area contributed by atoms with Crippen LogP contribution in [0.1, 0.15) is 59.3 Å². The van der Waals surface area contributed by atoms with Crippen molar-refractivity contribution in [3.8, 4) is 0 Å². The number of carbonyl (C=O) groups excluding carboxylic acids is 4. The van der Waals surface area contributed by atoms with Gasteiger partial charge >= 0.3 is 0 Å². The first-order valence-corrected chi connectivity index (χ1v) is 9.91. The molecule has 8 heteroatoms. The quantitative estimate of drug-likeness (QED) is 0.544. The molecule has 1 saturated heterocycles. The summed E-state index contributed by atoms with van der Waals surface area (Å²) in [5.41, 5.74) is 0. The Balaban J connectivity index is 0.00000326. The highest BCUT2D eigenvalue weighted by atomic mass is 16.2. The zero-order valence-corrected chi connectivity index (χ0v) is 17.2. The van der Waals surface area contributed by atoms with E-state index in [0.717, 1.165) is 12.8 Å². The van der Waals surface area contributed by atoms with Crippen LogP contribution in [0.15, 0.2) is 0 Å². The lowest BCUT2D eigenvalue weighted by Crippen LogP contribution is -2.45. The van der Waals surface area contributed by atoms with Crippen LogP contribution in [0.5, 0.6) is 0 Å².